The molecule has 2 aromatic carbocycles. The highest BCUT2D eigenvalue weighted by Gasteiger charge is 2.21. The van der Waals surface area contributed by atoms with Crippen LogP contribution in [0.3, 0.4) is 0 Å². The van der Waals surface area contributed by atoms with Gasteiger partial charge in [-0.1, -0.05) is 12.1 Å². The second-order valence-electron chi connectivity index (χ2n) is 6.76. The maximum atomic E-state index is 12.4. The van der Waals surface area contributed by atoms with Crippen LogP contribution in [-0.4, -0.2) is 55.1 Å². The van der Waals surface area contributed by atoms with Crippen molar-refractivity contribution < 1.29 is 23.2 Å². The number of carbonyl (C=O) groups is 1. The number of urea groups is 1. The van der Waals surface area contributed by atoms with Gasteiger partial charge >= 0.3 is 6.03 Å². The number of nitro benzene ring substituents is 1. The minimum absolute atomic E-state index is 0.0421. The van der Waals surface area contributed by atoms with Gasteiger partial charge in [0.1, 0.15) is 12.4 Å². The lowest BCUT2D eigenvalue weighted by Crippen LogP contribution is -2.51. The van der Waals surface area contributed by atoms with Crippen molar-refractivity contribution in [3.05, 3.63) is 64.2 Å². The van der Waals surface area contributed by atoms with Gasteiger partial charge in [0, 0.05) is 50.5 Å². The Morgan fingerprint density at radius 3 is 2.47 bits per heavy atom. The van der Waals surface area contributed by atoms with E-state index < -0.39 is 18.0 Å². The molecule has 2 amide bonds. The summed E-state index contributed by atoms with van der Waals surface area (Å²) in [6, 6.07) is 12.8. The number of non-ortho nitro benzene ring substituents is 1. The van der Waals surface area contributed by atoms with E-state index in [9.17, 15) is 23.7 Å². The monoisotopic (exact) mass is 420 g/mol. The fourth-order valence-electron chi connectivity index (χ4n) is 3.15. The Balaban J connectivity index is 1.46. The zero-order chi connectivity index (χ0) is 21.5. The van der Waals surface area contributed by atoms with E-state index >= 15 is 0 Å². The van der Waals surface area contributed by atoms with E-state index in [1.165, 1.54) is 12.1 Å². The third-order valence-electron chi connectivity index (χ3n) is 4.71. The number of amides is 2. The number of benzene rings is 2. The standard InChI is InChI=1S/C20H22F2N4O4/c21-19(22)14-30-18-3-1-2-15(12-18)13-23-20(27)25-10-8-24(9-11-25)16-4-6-17(7-5-16)26(28)29/h1-7,12,19H,8-11,13-14H2,(H,23,27). The molecular weight excluding hydrogens is 398 g/mol. The summed E-state index contributed by atoms with van der Waals surface area (Å²) in [5.74, 6) is 0.332. The van der Waals surface area contributed by atoms with Gasteiger partial charge in [-0.25, -0.2) is 13.6 Å². The number of halogens is 2. The van der Waals surface area contributed by atoms with E-state index in [2.05, 4.69) is 10.2 Å². The van der Waals surface area contributed by atoms with Gasteiger partial charge in [0.2, 0.25) is 0 Å². The number of hydrogen-bond acceptors (Lipinski definition) is 5. The van der Waals surface area contributed by atoms with Gasteiger partial charge in [-0.15, -0.1) is 0 Å². The highest BCUT2D eigenvalue weighted by molar-refractivity contribution is 5.74. The SMILES string of the molecule is O=C(NCc1cccc(OCC(F)F)c1)N1CCN(c2ccc([N+](=O)[O-])cc2)CC1. The third-order valence-corrected chi connectivity index (χ3v) is 4.71. The molecule has 10 heteroatoms. The van der Waals surface area contributed by atoms with Crippen LogP contribution < -0.4 is 15.0 Å². The molecule has 0 aromatic heterocycles. The van der Waals surface area contributed by atoms with Crippen LogP contribution in [0, 0.1) is 10.1 Å². The average Bonchev–Trinajstić information content (AvgIpc) is 2.76. The lowest BCUT2D eigenvalue weighted by molar-refractivity contribution is -0.384. The Labute approximate surface area is 172 Å². The van der Waals surface area contributed by atoms with Crippen LogP contribution in [0.15, 0.2) is 48.5 Å². The molecule has 0 spiro atoms. The fraction of sp³-hybridized carbons (Fsp3) is 0.350. The molecule has 30 heavy (non-hydrogen) atoms. The molecule has 2 aromatic rings. The lowest BCUT2D eigenvalue weighted by Gasteiger charge is -2.36. The average molecular weight is 420 g/mol. The van der Waals surface area contributed by atoms with Crippen LogP contribution in [0.4, 0.5) is 25.0 Å². The summed E-state index contributed by atoms with van der Waals surface area (Å²) in [6.45, 7) is 1.84. The Bertz CT molecular complexity index is 871. The smallest absolute Gasteiger partial charge is 0.317 e. The molecule has 0 radical (unpaired) electrons. The number of rotatable bonds is 7. The Morgan fingerprint density at radius 2 is 1.83 bits per heavy atom. The van der Waals surface area contributed by atoms with E-state index in [1.54, 1.807) is 41.3 Å². The maximum Gasteiger partial charge on any atom is 0.317 e. The molecule has 0 unspecified atom stereocenters. The number of ether oxygens (including phenoxy) is 1. The normalized spacial score (nSPS) is 14.0. The molecule has 1 aliphatic heterocycles. The van der Waals surface area contributed by atoms with Gasteiger partial charge in [0.15, 0.2) is 0 Å². The first-order chi connectivity index (χ1) is 14.4. The Hall–Kier alpha value is -3.43. The summed E-state index contributed by atoms with van der Waals surface area (Å²) in [5, 5.41) is 13.6. The van der Waals surface area contributed by atoms with E-state index in [4.69, 9.17) is 4.74 Å². The highest BCUT2D eigenvalue weighted by atomic mass is 19.3. The van der Waals surface area contributed by atoms with Gasteiger partial charge < -0.3 is 19.9 Å². The molecule has 8 nitrogen and oxygen atoms in total. The van der Waals surface area contributed by atoms with Crippen molar-refractivity contribution in [3.63, 3.8) is 0 Å². The van der Waals surface area contributed by atoms with Crippen LogP contribution in [0.2, 0.25) is 0 Å². The number of alkyl halides is 2. The van der Waals surface area contributed by atoms with Crippen molar-refractivity contribution in [2.75, 3.05) is 37.7 Å². The van der Waals surface area contributed by atoms with E-state index in [0.29, 0.717) is 31.9 Å². The van der Waals surface area contributed by atoms with Crippen LogP contribution in [0.1, 0.15) is 5.56 Å². The van der Waals surface area contributed by atoms with Gasteiger partial charge in [-0.2, -0.15) is 0 Å². The van der Waals surface area contributed by atoms with Crippen LogP contribution in [0.25, 0.3) is 0 Å². The fourth-order valence-corrected chi connectivity index (χ4v) is 3.15. The van der Waals surface area contributed by atoms with Crippen molar-refractivity contribution in [2.45, 2.75) is 13.0 Å². The zero-order valence-corrected chi connectivity index (χ0v) is 16.2. The zero-order valence-electron chi connectivity index (χ0n) is 16.2. The molecule has 0 saturated carbocycles. The number of piperazine rings is 1. The molecule has 1 fully saturated rings. The van der Waals surface area contributed by atoms with E-state index in [1.807, 2.05) is 0 Å². The van der Waals surface area contributed by atoms with Crippen molar-refractivity contribution in [1.82, 2.24) is 10.2 Å². The van der Waals surface area contributed by atoms with Gasteiger partial charge in [-0.05, 0) is 29.8 Å². The number of carbonyl (C=O) groups excluding carboxylic acids is 1. The van der Waals surface area contributed by atoms with Gasteiger partial charge in [-0.3, -0.25) is 10.1 Å². The molecule has 1 saturated heterocycles. The first kappa shape index (κ1) is 21.3. The molecule has 160 valence electrons. The van der Waals surface area contributed by atoms with Crippen molar-refractivity contribution in [2.24, 2.45) is 0 Å². The van der Waals surface area contributed by atoms with Gasteiger partial charge in [0.25, 0.3) is 12.1 Å². The predicted octanol–water partition coefficient (Wildman–Crippen LogP) is 3.27. The highest BCUT2D eigenvalue weighted by Crippen LogP contribution is 2.21. The summed E-state index contributed by atoms with van der Waals surface area (Å²) in [4.78, 5) is 26.5. The summed E-state index contributed by atoms with van der Waals surface area (Å²) in [5.41, 5.74) is 1.67. The quantitative estimate of drug-likeness (QED) is 0.549. The Morgan fingerprint density at radius 1 is 1.13 bits per heavy atom. The van der Waals surface area contributed by atoms with E-state index in [0.717, 1.165) is 11.3 Å². The summed E-state index contributed by atoms with van der Waals surface area (Å²) in [6.07, 6.45) is -2.54. The number of anilines is 1. The lowest BCUT2D eigenvalue weighted by atomic mass is 10.2. The molecule has 1 N–H and O–H groups in total. The number of nitro groups is 1. The van der Waals surface area contributed by atoms with Crippen molar-refractivity contribution in [1.29, 1.82) is 0 Å². The number of nitrogens with zero attached hydrogens (tertiary/aromatic N) is 3. The summed E-state index contributed by atoms with van der Waals surface area (Å²) >= 11 is 0. The third kappa shape index (κ3) is 5.79. The Kier molecular flexibility index (Phi) is 6.99. The largest absolute Gasteiger partial charge is 0.488 e. The van der Waals surface area contributed by atoms with Crippen LogP contribution in [0.5, 0.6) is 5.75 Å². The second kappa shape index (κ2) is 9.86. The first-order valence-corrected chi connectivity index (χ1v) is 9.44. The minimum Gasteiger partial charge on any atom is -0.488 e. The molecular formula is C20H22F2N4O4. The van der Waals surface area contributed by atoms with Crippen LogP contribution >= 0.6 is 0 Å². The predicted molar refractivity (Wildman–Crippen MR) is 107 cm³/mol. The van der Waals surface area contributed by atoms with Crippen LogP contribution in [-0.2, 0) is 6.54 Å². The topological polar surface area (TPSA) is 88.0 Å². The molecule has 3 rings (SSSR count). The maximum absolute atomic E-state index is 12.4. The molecule has 0 bridgehead atoms. The van der Waals surface area contributed by atoms with Crippen molar-refractivity contribution >= 4 is 17.4 Å². The van der Waals surface area contributed by atoms with E-state index in [-0.39, 0.29) is 18.3 Å². The minimum atomic E-state index is -2.54. The second-order valence-corrected chi connectivity index (χ2v) is 6.76. The molecule has 0 aliphatic carbocycles. The molecule has 1 aliphatic rings. The number of nitrogens with one attached hydrogen (secondary N) is 1. The van der Waals surface area contributed by atoms with Gasteiger partial charge in [0.05, 0.1) is 4.92 Å². The summed E-state index contributed by atoms with van der Waals surface area (Å²) in [7, 11) is 0. The first-order valence-electron chi connectivity index (χ1n) is 9.44. The number of hydrogen-bond donors (Lipinski definition) is 1. The molecule has 0 atom stereocenters. The summed E-state index contributed by atoms with van der Waals surface area (Å²) < 4.78 is 29.5. The van der Waals surface area contributed by atoms with Crippen molar-refractivity contribution in [3.8, 4) is 5.75 Å². The molecule has 1 heterocycles.